The summed E-state index contributed by atoms with van der Waals surface area (Å²) in [7, 11) is 1.46. The molecule has 25 heavy (non-hydrogen) atoms. The van der Waals surface area contributed by atoms with E-state index >= 15 is 0 Å². The lowest BCUT2D eigenvalue weighted by Gasteiger charge is -2.24. The average Bonchev–Trinajstić information content (AvgIpc) is 2.92. The zero-order valence-electron chi connectivity index (χ0n) is 13.8. The summed E-state index contributed by atoms with van der Waals surface area (Å²) >= 11 is 6.24. The molecule has 0 spiro atoms. The van der Waals surface area contributed by atoms with Crippen LogP contribution in [-0.4, -0.2) is 36.4 Å². The molecule has 2 aliphatic carbocycles. The number of benzene rings is 1. The second kappa shape index (κ2) is 6.52. The molecule has 1 fully saturated rings. The highest BCUT2D eigenvalue weighted by Gasteiger charge is 2.48. The molecule has 7 heteroatoms. The van der Waals surface area contributed by atoms with Gasteiger partial charge in [0, 0.05) is 10.6 Å². The predicted octanol–water partition coefficient (Wildman–Crippen LogP) is 2.51. The van der Waals surface area contributed by atoms with Crippen molar-refractivity contribution in [1.82, 2.24) is 0 Å². The highest BCUT2D eigenvalue weighted by molar-refractivity contribution is 6.40. The van der Waals surface area contributed by atoms with Gasteiger partial charge in [-0.15, -0.1) is 0 Å². The first-order valence-electron chi connectivity index (χ1n) is 7.94. The molecule has 2 atom stereocenters. The van der Waals surface area contributed by atoms with E-state index in [1.54, 1.807) is 19.1 Å². The normalized spacial score (nSPS) is 21.6. The number of aliphatic hydroxyl groups is 1. The number of methoxy groups -OCH3 is 1. The topological polar surface area (TPSA) is 89.9 Å². The van der Waals surface area contributed by atoms with Gasteiger partial charge in [0.2, 0.25) is 0 Å². The zero-order valence-corrected chi connectivity index (χ0v) is 14.6. The standard InChI is InChI=1S/C18H17ClO6/c1-3-25-18(23)16(21)10-7-8-6-9-11(19)4-5-12(24-2)14(9)17(22)13(8)15(10)20/h4-5,8,10,22H,3,6-7H2,1-2H3. The van der Waals surface area contributed by atoms with E-state index in [-0.39, 0.29) is 30.3 Å². The number of carbonyl (C=O) groups is 3. The Labute approximate surface area is 149 Å². The molecule has 1 saturated carbocycles. The van der Waals surface area contributed by atoms with E-state index in [2.05, 4.69) is 0 Å². The van der Waals surface area contributed by atoms with Crippen molar-refractivity contribution < 1.29 is 29.0 Å². The van der Waals surface area contributed by atoms with Gasteiger partial charge in [0.25, 0.3) is 5.78 Å². The first-order chi connectivity index (χ1) is 11.9. The number of halogens is 1. The molecule has 0 aliphatic heterocycles. The first-order valence-corrected chi connectivity index (χ1v) is 8.32. The first kappa shape index (κ1) is 17.5. The van der Waals surface area contributed by atoms with E-state index in [4.69, 9.17) is 21.1 Å². The number of allylic oxidation sites excluding steroid dienone is 1. The van der Waals surface area contributed by atoms with Crippen LogP contribution in [0, 0.1) is 11.8 Å². The second-order valence-electron chi connectivity index (χ2n) is 6.00. The number of Topliss-reactive ketones (excluding diaryl/α,β-unsaturated/α-hetero) is 2. The molecule has 3 rings (SSSR count). The maximum Gasteiger partial charge on any atom is 0.375 e. The van der Waals surface area contributed by atoms with Gasteiger partial charge in [-0.1, -0.05) is 11.6 Å². The van der Waals surface area contributed by atoms with E-state index in [0.717, 1.165) is 0 Å². The number of aliphatic hydroxyl groups excluding tert-OH is 1. The van der Waals surface area contributed by atoms with E-state index in [1.807, 2.05) is 0 Å². The maximum absolute atomic E-state index is 12.7. The minimum Gasteiger partial charge on any atom is -0.507 e. The molecule has 0 heterocycles. The van der Waals surface area contributed by atoms with Gasteiger partial charge in [0.05, 0.1) is 25.2 Å². The Hall–Kier alpha value is -2.34. The zero-order chi connectivity index (χ0) is 18.3. The minimum atomic E-state index is -1.12. The Morgan fingerprint density at radius 2 is 2.08 bits per heavy atom. The van der Waals surface area contributed by atoms with Gasteiger partial charge >= 0.3 is 5.97 Å². The van der Waals surface area contributed by atoms with Gasteiger partial charge in [0.1, 0.15) is 11.5 Å². The molecule has 0 amide bonds. The lowest BCUT2D eigenvalue weighted by molar-refractivity contribution is -0.156. The van der Waals surface area contributed by atoms with Crippen LogP contribution in [-0.2, 0) is 25.5 Å². The van der Waals surface area contributed by atoms with Crippen molar-refractivity contribution in [2.24, 2.45) is 11.8 Å². The third-order valence-corrected chi connectivity index (χ3v) is 5.04. The molecule has 2 unspecified atom stereocenters. The minimum absolute atomic E-state index is 0.0567. The quantitative estimate of drug-likeness (QED) is 0.501. The van der Waals surface area contributed by atoms with Crippen LogP contribution in [0.4, 0.5) is 0 Å². The van der Waals surface area contributed by atoms with Crippen LogP contribution >= 0.6 is 11.6 Å². The van der Waals surface area contributed by atoms with Crippen molar-refractivity contribution in [2.45, 2.75) is 19.8 Å². The Morgan fingerprint density at radius 1 is 1.36 bits per heavy atom. The monoisotopic (exact) mass is 364 g/mol. The van der Waals surface area contributed by atoms with E-state index in [9.17, 15) is 19.5 Å². The average molecular weight is 365 g/mol. The van der Waals surface area contributed by atoms with Crippen LogP contribution in [0.1, 0.15) is 24.5 Å². The SMILES string of the molecule is CCOC(=O)C(=O)C1CC2Cc3c(Cl)ccc(OC)c3C(O)=C2C1=O. The Kier molecular flexibility index (Phi) is 4.56. The summed E-state index contributed by atoms with van der Waals surface area (Å²) in [5.74, 6) is -3.75. The highest BCUT2D eigenvalue weighted by Crippen LogP contribution is 2.48. The van der Waals surface area contributed by atoms with Gasteiger partial charge < -0.3 is 14.6 Å². The number of hydrogen-bond donors (Lipinski definition) is 1. The fourth-order valence-corrected chi connectivity index (χ4v) is 3.81. The summed E-state index contributed by atoms with van der Waals surface area (Å²) in [5.41, 5.74) is 1.21. The van der Waals surface area contributed by atoms with Crippen LogP contribution in [0.5, 0.6) is 5.75 Å². The van der Waals surface area contributed by atoms with E-state index in [0.29, 0.717) is 28.3 Å². The van der Waals surface area contributed by atoms with Crippen molar-refractivity contribution in [1.29, 1.82) is 0 Å². The molecule has 0 saturated heterocycles. The molecule has 6 nitrogen and oxygen atoms in total. The summed E-state index contributed by atoms with van der Waals surface area (Å²) in [6.45, 7) is 1.64. The van der Waals surface area contributed by atoms with Crippen molar-refractivity contribution in [2.75, 3.05) is 13.7 Å². The highest BCUT2D eigenvalue weighted by atomic mass is 35.5. The van der Waals surface area contributed by atoms with Crippen molar-refractivity contribution in [3.05, 3.63) is 33.9 Å². The van der Waals surface area contributed by atoms with Gasteiger partial charge in [-0.25, -0.2) is 4.79 Å². The predicted molar refractivity (Wildman–Crippen MR) is 89.5 cm³/mol. The Bertz CT molecular complexity index is 810. The molecule has 1 aromatic rings. The van der Waals surface area contributed by atoms with Gasteiger partial charge in [-0.2, -0.15) is 0 Å². The molecule has 0 radical (unpaired) electrons. The van der Waals surface area contributed by atoms with Crippen LogP contribution in [0.15, 0.2) is 17.7 Å². The smallest absolute Gasteiger partial charge is 0.375 e. The van der Waals surface area contributed by atoms with Crippen molar-refractivity contribution in [3.8, 4) is 5.75 Å². The third-order valence-electron chi connectivity index (χ3n) is 4.68. The fourth-order valence-electron chi connectivity index (χ4n) is 3.58. The van der Waals surface area contributed by atoms with Crippen LogP contribution < -0.4 is 4.74 Å². The van der Waals surface area contributed by atoms with Crippen molar-refractivity contribution in [3.63, 3.8) is 0 Å². The van der Waals surface area contributed by atoms with Gasteiger partial charge in [-0.05, 0) is 43.4 Å². The third kappa shape index (κ3) is 2.70. The number of esters is 1. The fraction of sp³-hybridized carbons (Fsp3) is 0.389. The molecule has 1 aromatic carbocycles. The summed E-state index contributed by atoms with van der Waals surface area (Å²) in [4.78, 5) is 36.6. The Morgan fingerprint density at radius 3 is 2.72 bits per heavy atom. The van der Waals surface area contributed by atoms with E-state index in [1.165, 1.54) is 7.11 Å². The molecule has 0 bridgehead atoms. The Balaban J connectivity index is 2.03. The number of ketones is 2. The molecule has 1 N–H and O–H groups in total. The van der Waals surface area contributed by atoms with Crippen LogP contribution in [0.3, 0.4) is 0 Å². The lowest BCUT2D eigenvalue weighted by atomic mass is 9.83. The molecular formula is C18H17ClO6. The molecule has 132 valence electrons. The van der Waals surface area contributed by atoms with E-state index < -0.39 is 23.5 Å². The summed E-state index contributed by atoms with van der Waals surface area (Å²) in [6.07, 6.45) is 0.548. The van der Waals surface area contributed by atoms with Crippen molar-refractivity contribution >= 4 is 34.9 Å². The molecular weight excluding hydrogens is 348 g/mol. The van der Waals surface area contributed by atoms with Crippen LogP contribution in [0.25, 0.3) is 5.76 Å². The second-order valence-corrected chi connectivity index (χ2v) is 6.41. The number of rotatable bonds is 4. The molecule has 0 aromatic heterocycles. The van der Waals surface area contributed by atoms with Gasteiger partial charge in [-0.3, -0.25) is 9.59 Å². The van der Waals surface area contributed by atoms with Crippen LogP contribution in [0.2, 0.25) is 5.02 Å². The summed E-state index contributed by atoms with van der Waals surface area (Å²) in [6, 6.07) is 3.27. The number of ether oxygens (including phenoxy) is 2. The lowest BCUT2D eigenvalue weighted by Crippen LogP contribution is -2.28. The number of hydrogen-bond acceptors (Lipinski definition) is 6. The largest absolute Gasteiger partial charge is 0.507 e. The summed E-state index contributed by atoms with van der Waals surface area (Å²) in [5, 5.41) is 11.1. The van der Waals surface area contributed by atoms with Gasteiger partial charge in [0.15, 0.2) is 5.78 Å². The molecule has 2 aliphatic rings. The number of carbonyl (C=O) groups excluding carboxylic acids is 3. The summed E-state index contributed by atoms with van der Waals surface area (Å²) < 4.78 is 9.96. The number of fused-ring (bicyclic) bond motifs is 2. The maximum atomic E-state index is 12.7.